The highest BCUT2D eigenvalue weighted by Crippen LogP contribution is 2.21. The van der Waals surface area contributed by atoms with E-state index in [0.717, 1.165) is 6.42 Å². The summed E-state index contributed by atoms with van der Waals surface area (Å²) in [6.45, 7) is 8.24. The second-order valence-electron chi connectivity index (χ2n) is 5.11. The normalized spacial score (nSPS) is 19.4. The number of morpholine rings is 1. The number of hydrogen-bond acceptors (Lipinski definition) is 4. The van der Waals surface area contributed by atoms with Crippen LogP contribution in [0.4, 0.5) is 0 Å². The highest BCUT2D eigenvalue weighted by Gasteiger charge is 2.38. The molecule has 0 bridgehead atoms. The van der Waals surface area contributed by atoms with Crippen LogP contribution in [0, 0.1) is 0 Å². The van der Waals surface area contributed by atoms with Gasteiger partial charge in [-0.15, -0.1) is 0 Å². The molecule has 0 unspecified atom stereocenters. The molecule has 7 heteroatoms. The van der Waals surface area contributed by atoms with Crippen molar-refractivity contribution in [3.05, 3.63) is 0 Å². The van der Waals surface area contributed by atoms with E-state index in [1.165, 1.54) is 8.61 Å². The smallest absolute Gasteiger partial charge is 0.282 e. The zero-order chi connectivity index (χ0) is 13.8. The van der Waals surface area contributed by atoms with Crippen LogP contribution in [0.2, 0.25) is 0 Å². The van der Waals surface area contributed by atoms with Gasteiger partial charge in [0, 0.05) is 31.7 Å². The van der Waals surface area contributed by atoms with E-state index in [9.17, 15) is 8.42 Å². The molecule has 1 rings (SSSR count). The van der Waals surface area contributed by atoms with E-state index in [1.54, 1.807) is 0 Å². The zero-order valence-corrected chi connectivity index (χ0v) is 12.4. The van der Waals surface area contributed by atoms with E-state index in [2.05, 4.69) is 0 Å². The Labute approximate surface area is 110 Å². The van der Waals surface area contributed by atoms with Crippen LogP contribution < -0.4 is 5.73 Å². The van der Waals surface area contributed by atoms with E-state index < -0.39 is 15.7 Å². The lowest BCUT2D eigenvalue weighted by atomic mass is 10.1. The van der Waals surface area contributed by atoms with Gasteiger partial charge in [-0.2, -0.15) is 17.0 Å². The standard InChI is InChI=1S/C11H25N3O3S/c1-4-5-14(11(2,3)10-12)18(15,16)13-6-8-17-9-7-13/h4-10,12H2,1-3H3. The molecule has 1 saturated heterocycles. The van der Waals surface area contributed by atoms with Crippen molar-refractivity contribution in [1.82, 2.24) is 8.61 Å². The van der Waals surface area contributed by atoms with Crippen LogP contribution in [0.3, 0.4) is 0 Å². The van der Waals surface area contributed by atoms with Crippen molar-refractivity contribution >= 4 is 10.2 Å². The van der Waals surface area contributed by atoms with Gasteiger partial charge >= 0.3 is 0 Å². The Balaban J connectivity index is 2.95. The maximum absolute atomic E-state index is 12.6. The van der Waals surface area contributed by atoms with Crippen molar-refractivity contribution in [3.8, 4) is 0 Å². The van der Waals surface area contributed by atoms with Gasteiger partial charge in [0.15, 0.2) is 0 Å². The fourth-order valence-corrected chi connectivity index (χ4v) is 3.95. The van der Waals surface area contributed by atoms with Crippen molar-refractivity contribution in [3.63, 3.8) is 0 Å². The first kappa shape index (κ1) is 15.8. The van der Waals surface area contributed by atoms with Gasteiger partial charge in [0.25, 0.3) is 10.2 Å². The maximum atomic E-state index is 12.6. The van der Waals surface area contributed by atoms with Crippen LogP contribution in [-0.2, 0) is 14.9 Å². The molecule has 0 aromatic heterocycles. The Kier molecular flexibility index (Phi) is 5.54. The van der Waals surface area contributed by atoms with Gasteiger partial charge < -0.3 is 10.5 Å². The van der Waals surface area contributed by atoms with Crippen molar-refractivity contribution < 1.29 is 13.2 Å². The van der Waals surface area contributed by atoms with Gasteiger partial charge in [0.05, 0.1) is 13.2 Å². The van der Waals surface area contributed by atoms with Gasteiger partial charge in [0.2, 0.25) is 0 Å². The highest BCUT2D eigenvalue weighted by atomic mass is 32.2. The molecule has 1 heterocycles. The molecule has 0 aliphatic carbocycles. The molecule has 6 nitrogen and oxygen atoms in total. The van der Waals surface area contributed by atoms with Crippen LogP contribution in [0.25, 0.3) is 0 Å². The first-order chi connectivity index (χ1) is 8.36. The van der Waals surface area contributed by atoms with Crippen LogP contribution in [0.1, 0.15) is 27.2 Å². The molecule has 0 aromatic carbocycles. The fourth-order valence-electron chi connectivity index (χ4n) is 1.95. The lowest BCUT2D eigenvalue weighted by molar-refractivity contribution is 0.0674. The molecular formula is C11H25N3O3S. The molecule has 0 atom stereocenters. The molecule has 108 valence electrons. The number of hydrogen-bond donors (Lipinski definition) is 1. The number of ether oxygens (including phenoxy) is 1. The summed E-state index contributed by atoms with van der Waals surface area (Å²) in [5.74, 6) is 0. The van der Waals surface area contributed by atoms with Gasteiger partial charge in [-0.1, -0.05) is 6.92 Å². The molecule has 1 aliphatic heterocycles. The third kappa shape index (κ3) is 3.42. The molecule has 0 radical (unpaired) electrons. The average Bonchev–Trinajstić information content (AvgIpc) is 2.36. The SMILES string of the molecule is CCCN(C(C)(C)CN)S(=O)(=O)N1CCOCC1. The predicted octanol–water partition coefficient (Wildman–Crippen LogP) is 0.0127. The Hall–Kier alpha value is -0.210. The van der Waals surface area contributed by atoms with E-state index in [-0.39, 0.29) is 0 Å². The van der Waals surface area contributed by atoms with Crippen LogP contribution in [-0.4, -0.2) is 62.0 Å². The lowest BCUT2D eigenvalue weighted by Crippen LogP contribution is -2.58. The number of nitrogens with zero attached hydrogens (tertiary/aromatic N) is 2. The summed E-state index contributed by atoms with van der Waals surface area (Å²) in [6, 6.07) is 0. The summed E-state index contributed by atoms with van der Waals surface area (Å²) in [6.07, 6.45) is 0.771. The fraction of sp³-hybridized carbons (Fsp3) is 1.00. The third-order valence-corrected chi connectivity index (χ3v) is 5.43. The van der Waals surface area contributed by atoms with Gasteiger partial charge in [-0.3, -0.25) is 0 Å². The van der Waals surface area contributed by atoms with E-state index in [1.807, 2.05) is 20.8 Å². The largest absolute Gasteiger partial charge is 0.379 e. The van der Waals surface area contributed by atoms with E-state index >= 15 is 0 Å². The van der Waals surface area contributed by atoms with Gasteiger partial charge in [0.1, 0.15) is 0 Å². The molecule has 1 fully saturated rings. The highest BCUT2D eigenvalue weighted by molar-refractivity contribution is 7.86. The Morgan fingerprint density at radius 3 is 2.33 bits per heavy atom. The molecule has 0 aromatic rings. The molecule has 0 amide bonds. The average molecular weight is 279 g/mol. The first-order valence-corrected chi connectivity index (χ1v) is 7.81. The Bertz CT molecular complexity index is 351. The second-order valence-corrected chi connectivity index (χ2v) is 6.96. The maximum Gasteiger partial charge on any atom is 0.282 e. The van der Waals surface area contributed by atoms with Gasteiger partial charge in [-0.05, 0) is 20.3 Å². The van der Waals surface area contributed by atoms with E-state index in [4.69, 9.17) is 10.5 Å². The van der Waals surface area contributed by atoms with Crippen LogP contribution in [0.15, 0.2) is 0 Å². The topological polar surface area (TPSA) is 75.9 Å². The van der Waals surface area contributed by atoms with Gasteiger partial charge in [-0.25, -0.2) is 0 Å². The molecular weight excluding hydrogens is 254 g/mol. The summed E-state index contributed by atoms with van der Waals surface area (Å²) in [4.78, 5) is 0. The number of rotatable bonds is 6. The zero-order valence-electron chi connectivity index (χ0n) is 11.6. The minimum absolute atomic E-state index is 0.302. The predicted molar refractivity (Wildman–Crippen MR) is 71.4 cm³/mol. The summed E-state index contributed by atoms with van der Waals surface area (Å²) in [5, 5.41) is 0. The molecule has 0 spiro atoms. The summed E-state index contributed by atoms with van der Waals surface area (Å²) >= 11 is 0. The van der Waals surface area contributed by atoms with Crippen molar-refractivity contribution in [2.75, 3.05) is 39.4 Å². The van der Waals surface area contributed by atoms with Crippen LogP contribution in [0.5, 0.6) is 0 Å². The Morgan fingerprint density at radius 2 is 1.89 bits per heavy atom. The summed E-state index contributed by atoms with van der Waals surface area (Å²) in [5.41, 5.74) is 5.15. The molecule has 1 aliphatic rings. The monoisotopic (exact) mass is 279 g/mol. The second kappa shape index (κ2) is 6.29. The minimum atomic E-state index is -3.45. The third-order valence-electron chi connectivity index (χ3n) is 3.18. The number of nitrogens with two attached hydrogens (primary N) is 1. The summed E-state index contributed by atoms with van der Waals surface area (Å²) in [7, 11) is -3.45. The summed E-state index contributed by atoms with van der Waals surface area (Å²) < 4.78 is 33.5. The molecule has 2 N–H and O–H groups in total. The van der Waals surface area contributed by atoms with Crippen molar-refractivity contribution in [2.45, 2.75) is 32.7 Å². The quantitative estimate of drug-likeness (QED) is 0.743. The lowest BCUT2D eigenvalue weighted by Gasteiger charge is -2.40. The molecule has 0 saturated carbocycles. The minimum Gasteiger partial charge on any atom is -0.379 e. The molecule has 18 heavy (non-hydrogen) atoms. The van der Waals surface area contributed by atoms with Crippen LogP contribution >= 0.6 is 0 Å². The first-order valence-electron chi connectivity index (χ1n) is 6.42. The van der Waals surface area contributed by atoms with E-state index in [0.29, 0.717) is 39.4 Å². The van der Waals surface area contributed by atoms with Crippen molar-refractivity contribution in [1.29, 1.82) is 0 Å². The Morgan fingerprint density at radius 1 is 1.33 bits per heavy atom. The van der Waals surface area contributed by atoms with Crippen molar-refractivity contribution in [2.24, 2.45) is 5.73 Å².